The number of aromatic nitrogens is 2. The first-order valence-electron chi connectivity index (χ1n) is 6.96. The molecule has 0 aromatic carbocycles. The first-order chi connectivity index (χ1) is 8.71. The second kappa shape index (κ2) is 8.27. The summed E-state index contributed by atoms with van der Waals surface area (Å²) in [5.41, 5.74) is 2.56. The van der Waals surface area contributed by atoms with Crippen LogP contribution >= 0.6 is 0 Å². The monoisotopic (exact) mass is 253 g/mol. The van der Waals surface area contributed by atoms with Gasteiger partial charge in [0.25, 0.3) is 0 Å². The Morgan fingerprint density at radius 3 is 2.83 bits per heavy atom. The standard InChI is InChI=1S/C14H27N3O/c1-5-13-10-14(17(6-2)16-13)9-12(3)11-15-7-8-18-4/h10,12,15H,5-9,11H2,1-4H3. The van der Waals surface area contributed by atoms with Gasteiger partial charge in [-0.25, -0.2) is 0 Å². The van der Waals surface area contributed by atoms with Crippen molar-refractivity contribution in [3.63, 3.8) is 0 Å². The van der Waals surface area contributed by atoms with Crippen LogP contribution in [0.25, 0.3) is 0 Å². The van der Waals surface area contributed by atoms with Crippen molar-refractivity contribution in [3.05, 3.63) is 17.5 Å². The maximum Gasteiger partial charge on any atom is 0.0624 e. The zero-order valence-electron chi connectivity index (χ0n) is 12.2. The van der Waals surface area contributed by atoms with Crippen molar-refractivity contribution in [2.24, 2.45) is 5.92 Å². The average Bonchev–Trinajstić information content (AvgIpc) is 2.77. The molecule has 4 heteroatoms. The van der Waals surface area contributed by atoms with Gasteiger partial charge in [-0.05, 0) is 38.3 Å². The Kier molecular flexibility index (Phi) is 6.98. The van der Waals surface area contributed by atoms with Gasteiger partial charge >= 0.3 is 0 Å². The number of nitrogens with zero attached hydrogens (tertiary/aromatic N) is 2. The van der Waals surface area contributed by atoms with Crippen molar-refractivity contribution >= 4 is 0 Å². The molecule has 0 saturated carbocycles. The third-order valence-corrected chi connectivity index (χ3v) is 3.11. The third kappa shape index (κ3) is 4.78. The number of hydrogen-bond acceptors (Lipinski definition) is 3. The van der Waals surface area contributed by atoms with Gasteiger partial charge in [0, 0.05) is 25.9 Å². The summed E-state index contributed by atoms with van der Waals surface area (Å²) < 4.78 is 7.15. The third-order valence-electron chi connectivity index (χ3n) is 3.11. The lowest BCUT2D eigenvalue weighted by atomic mass is 10.1. The first-order valence-corrected chi connectivity index (χ1v) is 6.96. The van der Waals surface area contributed by atoms with E-state index in [0.29, 0.717) is 5.92 Å². The lowest BCUT2D eigenvalue weighted by Crippen LogP contribution is -2.26. The SMILES string of the molecule is CCc1cc(CC(C)CNCCOC)n(CC)n1. The molecule has 104 valence electrons. The minimum absolute atomic E-state index is 0.619. The lowest BCUT2D eigenvalue weighted by Gasteiger charge is -2.13. The van der Waals surface area contributed by atoms with Gasteiger partial charge in [-0.2, -0.15) is 5.10 Å². The fourth-order valence-electron chi connectivity index (χ4n) is 2.08. The van der Waals surface area contributed by atoms with Gasteiger partial charge in [0.05, 0.1) is 12.3 Å². The van der Waals surface area contributed by atoms with Crippen LogP contribution in [0.1, 0.15) is 32.2 Å². The lowest BCUT2D eigenvalue weighted by molar-refractivity contribution is 0.198. The Balaban J connectivity index is 2.42. The van der Waals surface area contributed by atoms with E-state index >= 15 is 0 Å². The molecule has 1 aromatic rings. The molecule has 0 fully saturated rings. The summed E-state index contributed by atoms with van der Waals surface area (Å²) in [5.74, 6) is 0.619. The molecule has 1 atom stereocenters. The van der Waals surface area contributed by atoms with Gasteiger partial charge < -0.3 is 10.1 Å². The van der Waals surface area contributed by atoms with Crippen molar-refractivity contribution in [2.75, 3.05) is 26.8 Å². The number of rotatable bonds is 9. The summed E-state index contributed by atoms with van der Waals surface area (Å²) in [4.78, 5) is 0. The molecule has 1 rings (SSSR count). The molecule has 0 amide bonds. The summed E-state index contributed by atoms with van der Waals surface area (Å²) in [5, 5.41) is 8.00. The van der Waals surface area contributed by atoms with Crippen LogP contribution in [0.5, 0.6) is 0 Å². The Morgan fingerprint density at radius 2 is 2.22 bits per heavy atom. The van der Waals surface area contributed by atoms with Crippen molar-refractivity contribution in [3.8, 4) is 0 Å². The zero-order valence-corrected chi connectivity index (χ0v) is 12.2. The van der Waals surface area contributed by atoms with E-state index in [9.17, 15) is 0 Å². The number of methoxy groups -OCH3 is 1. The smallest absolute Gasteiger partial charge is 0.0624 e. The predicted molar refractivity (Wildman–Crippen MR) is 74.9 cm³/mol. The molecule has 0 radical (unpaired) electrons. The minimum Gasteiger partial charge on any atom is -0.383 e. The van der Waals surface area contributed by atoms with Crippen LogP contribution in [-0.2, 0) is 24.1 Å². The van der Waals surface area contributed by atoms with E-state index in [1.165, 1.54) is 11.4 Å². The second-order valence-corrected chi connectivity index (χ2v) is 4.80. The Labute approximate surface area is 111 Å². The zero-order chi connectivity index (χ0) is 13.4. The first kappa shape index (κ1) is 15.2. The highest BCUT2D eigenvalue weighted by Gasteiger charge is 2.09. The van der Waals surface area contributed by atoms with Crippen LogP contribution in [-0.4, -0.2) is 36.6 Å². The van der Waals surface area contributed by atoms with Crippen LogP contribution in [0.15, 0.2) is 6.07 Å². The van der Waals surface area contributed by atoms with E-state index in [4.69, 9.17) is 4.74 Å². The molecule has 0 bridgehead atoms. The molecule has 1 aromatic heterocycles. The topological polar surface area (TPSA) is 39.1 Å². The van der Waals surface area contributed by atoms with Gasteiger partial charge in [-0.3, -0.25) is 4.68 Å². The van der Waals surface area contributed by atoms with Gasteiger partial charge in [0.2, 0.25) is 0 Å². The van der Waals surface area contributed by atoms with Crippen LogP contribution in [0, 0.1) is 5.92 Å². The second-order valence-electron chi connectivity index (χ2n) is 4.80. The highest BCUT2D eigenvalue weighted by atomic mass is 16.5. The van der Waals surface area contributed by atoms with Gasteiger partial charge in [-0.15, -0.1) is 0 Å². The molecule has 1 unspecified atom stereocenters. The fraction of sp³-hybridized carbons (Fsp3) is 0.786. The van der Waals surface area contributed by atoms with Crippen LogP contribution in [0.3, 0.4) is 0 Å². The largest absolute Gasteiger partial charge is 0.383 e. The molecule has 4 nitrogen and oxygen atoms in total. The molecule has 1 N–H and O–H groups in total. The highest BCUT2D eigenvalue weighted by Crippen LogP contribution is 2.11. The van der Waals surface area contributed by atoms with E-state index in [0.717, 1.165) is 39.1 Å². The van der Waals surface area contributed by atoms with Gasteiger partial charge in [0.15, 0.2) is 0 Å². The molecule has 0 aliphatic heterocycles. The van der Waals surface area contributed by atoms with E-state index in [1.54, 1.807) is 7.11 Å². The molecular weight excluding hydrogens is 226 g/mol. The summed E-state index contributed by atoms with van der Waals surface area (Å²) >= 11 is 0. The molecule has 0 aliphatic carbocycles. The van der Waals surface area contributed by atoms with E-state index in [1.807, 2.05) is 0 Å². The predicted octanol–water partition coefficient (Wildman–Crippen LogP) is 1.88. The molecule has 0 aliphatic rings. The quantitative estimate of drug-likeness (QED) is 0.683. The summed E-state index contributed by atoms with van der Waals surface area (Å²) in [6.07, 6.45) is 2.10. The highest BCUT2D eigenvalue weighted by molar-refractivity contribution is 5.11. The van der Waals surface area contributed by atoms with E-state index in [-0.39, 0.29) is 0 Å². The van der Waals surface area contributed by atoms with Gasteiger partial charge in [0.1, 0.15) is 0 Å². The summed E-state index contributed by atoms with van der Waals surface area (Å²) in [7, 11) is 1.73. The molecule has 1 heterocycles. The average molecular weight is 253 g/mol. The van der Waals surface area contributed by atoms with E-state index in [2.05, 4.69) is 41.9 Å². The molecule has 18 heavy (non-hydrogen) atoms. The van der Waals surface area contributed by atoms with Crippen molar-refractivity contribution in [1.29, 1.82) is 0 Å². The van der Waals surface area contributed by atoms with Crippen molar-refractivity contribution < 1.29 is 4.74 Å². The van der Waals surface area contributed by atoms with Gasteiger partial charge in [-0.1, -0.05) is 13.8 Å². The fourth-order valence-corrected chi connectivity index (χ4v) is 2.08. The van der Waals surface area contributed by atoms with Crippen LogP contribution < -0.4 is 5.32 Å². The van der Waals surface area contributed by atoms with E-state index < -0.39 is 0 Å². The normalized spacial score (nSPS) is 12.9. The van der Waals surface area contributed by atoms with Crippen LogP contribution in [0.2, 0.25) is 0 Å². The number of aryl methyl sites for hydroxylation is 2. The Morgan fingerprint density at radius 1 is 1.44 bits per heavy atom. The number of hydrogen-bond donors (Lipinski definition) is 1. The number of ether oxygens (including phenoxy) is 1. The Bertz CT molecular complexity index is 336. The minimum atomic E-state index is 0.619. The summed E-state index contributed by atoms with van der Waals surface area (Å²) in [6.45, 7) is 10.3. The maximum absolute atomic E-state index is 5.02. The number of nitrogens with one attached hydrogen (secondary N) is 1. The molecule has 0 saturated heterocycles. The Hall–Kier alpha value is -0.870. The maximum atomic E-state index is 5.02. The molecular formula is C14H27N3O. The van der Waals surface area contributed by atoms with Crippen molar-refractivity contribution in [1.82, 2.24) is 15.1 Å². The summed E-state index contributed by atoms with van der Waals surface area (Å²) in [6, 6.07) is 2.25. The molecule has 0 spiro atoms. The van der Waals surface area contributed by atoms with Crippen LogP contribution in [0.4, 0.5) is 0 Å². The van der Waals surface area contributed by atoms with Crippen molar-refractivity contribution in [2.45, 2.75) is 40.2 Å².